The van der Waals surface area contributed by atoms with E-state index in [9.17, 15) is 18.4 Å². The minimum Gasteiger partial charge on any atom is -0.353 e. The quantitative estimate of drug-likeness (QED) is 0.763. The van der Waals surface area contributed by atoms with Crippen molar-refractivity contribution in [2.45, 2.75) is 43.7 Å². The van der Waals surface area contributed by atoms with Crippen molar-refractivity contribution in [1.82, 2.24) is 20.0 Å². The van der Waals surface area contributed by atoms with Gasteiger partial charge in [-0.05, 0) is 38.1 Å². The van der Waals surface area contributed by atoms with Crippen molar-refractivity contribution in [2.75, 3.05) is 45.8 Å². The molecule has 8 heteroatoms. The highest BCUT2D eigenvalue weighted by Crippen LogP contribution is 2.35. The summed E-state index contributed by atoms with van der Waals surface area (Å²) in [6.07, 6.45) is 3.15. The Morgan fingerprint density at radius 1 is 1.07 bits per heavy atom. The van der Waals surface area contributed by atoms with Gasteiger partial charge in [0.2, 0.25) is 5.91 Å². The molecular formula is C22H30F2N4O2. The van der Waals surface area contributed by atoms with Crippen LogP contribution in [0, 0.1) is 0 Å². The molecule has 3 aliphatic heterocycles. The van der Waals surface area contributed by atoms with E-state index in [0.717, 1.165) is 19.6 Å². The van der Waals surface area contributed by atoms with Crippen LogP contribution in [0.5, 0.6) is 0 Å². The van der Waals surface area contributed by atoms with E-state index < -0.39 is 24.9 Å². The van der Waals surface area contributed by atoms with Gasteiger partial charge in [-0.3, -0.25) is 14.5 Å². The molecule has 0 aromatic heterocycles. The van der Waals surface area contributed by atoms with Gasteiger partial charge in [0.15, 0.2) is 0 Å². The highest BCUT2D eigenvalue weighted by Gasteiger charge is 2.52. The number of rotatable bonds is 6. The van der Waals surface area contributed by atoms with Crippen LogP contribution in [-0.4, -0.2) is 90.3 Å². The van der Waals surface area contributed by atoms with Crippen molar-refractivity contribution >= 4 is 11.8 Å². The predicted molar refractivity (Wildman–Crippen MR) is 109 cm³/mol. The number of benzene rings is 1. The van der Waals surface area contributed by atoms with E-state index in [-0.39, 0.29) is 17.9 Å². The fourth-order valence-electron chi connectivity index (χ4n) is 4.70. The second-order valence-corrected chi connectivity index (χ2v) is 8.67. The van der Waals surface area contributed by atoms with Gasteiger partial charge >= 0.3 is 0 Å². The molecule has 3 heterocycles. The largest absolute Gasteiger partial charge is 0.353 e. The van der Waals surface area contributed by atoms with Gasteiger partial charge in [0, 0.05) is 44.2 Å². The molecule has 0 bridgehead atoms. The first-order valence-electron chi connectivity index (χ1n) is 10.9. The first-order valence-corrected chi connectivity index (χ1v) is 10.9. The monoisotopic (exact) mass is 420 g/mol. The van der Waals surface area contributed by atoms with Crippen LogP contribution in [-0.2, 0) is 4.79 Å². The number of nitrogens with zero attached hydrogens (tertiary/aromatic N) is 3. The molecule has 1 aromatic rings. The SMILES string of the molecule is O=C(NCCN1CCCCC1)[C@@H]1CC(F)(F)CN1C1CN(C(=O)c2ccccc2)C1. The van der Waals surface area contributed by atoms with Crippen LogP contribution in [0.1, 0.15) is 36.0 Å². The van der Waals surface area contributed by atoms with E-state index in [1.165, 1.54) is 19.3 Å². The van der Waals surface area contributed by atoms with Crippen LogP contribution in [0.15, 0.2) is 30.3 Å². The lowest BCUT2D eigenvalue weighted by molar-refractivity contribution is -0.127. The summed E-state index contributed by atoms with van der Waals surface area (Å²) in [7, 11) is 0. The second kappa shape index (κ2) is 8.98. The van der Waals surface area contributed by atoms with E-state index in [1.807, 2.05) is 6.07 Å². The number of alkyl halides is 2. The molecule has 4 rings (SSSR count). The van der Waals surface area contributed by atoms with Crippen molar-refractivity contribution in [1.29, 1.82) is 0 Å². The van der Waals surface area contributed by atoms with Gasteiger partial charge < -0.3 is 15.1 Å². The Morgan fingerprint density at radius 3 is 2.47 bits per heavy atom. The molecule has 0 spiro atoms. The first-order chi connectivity index (χ1) is 14.4. The van der Waals surface area contributed by atoms with Gasteiger partial charge in [-0.1, -0.05) is 24.6 Å². The number of piperidine rings is 1. The first kappa shape index (κ1) is 21.2. The smallest absolute Gasteiger partial charge is 0.262 e. The lowest BCUT2D eigenvalue weighted by atomic mass is 10.0. The van der Waals surface area contributed by atoms with Crippen molar-refractivity contribution in [3.63, 3.8) is 0 Å². The van der Waals surface area contributed by atoms with E-state index in [2.05, 4.69) is 10.2 Å². The average Bonchev–Trinajstić information content (AvgIpc) is 3.03. The topological polar surface area (TPSA) is 55.9 Å². The molecule has 1 aromatic carbocycles. The maximum Gasteiger partial charge on any atom is 0.262 e. The van der Waals surface area contributed by atoms with Crippen LogP contribution >= 0.6 is 0 Å². The van der Waals surface area contributed by atoms with Gasteiger partial charge in [-0.15, -0.1) is 0 Å². The third-order valence-electron chi connectivity index (χ3n) is 6.42. The van der Waals surface area contributed by atoms with Gasteiger partial charge in [0.1, 0.15) is 0 Å². The Balaban J connectivity index is 1.29. The number of halogens is 2. The predicted octanol–water partition coefficient (Wildman–Crippen LogP) is 1.82. The summed E-state index contributed by atoms with van der Waals surface area (Å²) in [6, 6.07) is 7.91. The molecule has 0 saturated carbocycles. The summed E-state index contributed by atoms with van der Waals surface area (Å²) >= 11 is 0. The fraction of sp³-hybridized carbons (Fsp3) is 0.636. The Labute approximate surface area is 176 Å². The number of amides is 2. The van der Waals surface area contributed by atoms with Crippen molar-refractivity contribution < 1.29 is 18.4 Å². The molecule has 1 atom stereocenters. The number of likely N-dealkylation sites (tertiary alicyclic amines) is 3. The zero-order valence-corrected chi connectivity index (χ0v) is 17.2. The van der Waals surface area contributed by atoms with E-state index >= 15 is 0 Å². The number of hydrogen-bond acceptors (Lipinski definition) is 4. The van der Waals surface area contributed by atoms with E-state index in [4.69, 9.17) is 0 Å². The van der Waals surface area contributed by atoms with Crippen LogP contribution in [0.4, 0.5) is 8.78 Å². The lowest BCUT2D eigenvalue weighted by Gasteiger charge is -2.45. The Hall–Kier alpha value is -2.06. The Bertz CT molecular complexity index is 749. The fourth-order valence-corrected chi connectivity index (χ4v) is 4.70. The molecule has 3 fully saturated rings. The second-order valence-electron chi connectivity index (χ2n) is 8.67. The molecule has 2 amide bonds. The van der Waals surface area contributed by atoms with Crippen molar-refractivity contribution in [2.24, 2.45) is 0 Å². The molecule has 3 aliphatic rings. The zero-order valence-electron chi connectivity index (χ0n) is 17.2. The number of carbonyl (C=O) groups is 2. The van der Waals surface area contributed by atoms with Crippen LogP contribution in [0.25, 0.3) is 0 Å². The van der Waals surface area contributed by atoms with Crippen LogP contribution in [0.3, 0.4) is 0 Å². The summed E-state index contributed by atoms with van der Waals surface area (Å²) in [5.74, 6) is -3.30. The van der Waals surface area contributed by atoms with Gasteiger partial charge in [0.25, 0.3) is 11.8 Å². The summed E-state index contributed by atoms with van der Waals surface area (Å²) in [5, 5.41) is 2.87. The third-order valence-corrected chi connectivity index (χ3v) is 6.42. The van der Waals surface area contributed by atoms with Gasteiger partial charge in [-0.25, -0.2) is 8.78 Å². The van der Waals surface area contributed by atoms with Crippen molar-refractivity contribution in [3.05, 3.63) is 35.9 Å². The zero-order chi connectivity index (χ0) is 21.1. The molecule has 1 N–H and O–H groups in total. The van der Waals surface area contributed by atoms with Crippen LogP contribution < -0.4 is 5.32 Å². The summed E-state index contributed by atoms with van der Waals surface area (Å²) in [6.45, 7) is 3.65. The van der Waals surface area contributed by atoms with E-state index in [1.54, 1.807) is 34.1 Å². The molecule has 30 heavy (non-hydrogen) atoms. The molecule has 0 aliphatic carbocycles. The van der Waals surface area contributed by atoms with Gasteiger partial charge in [-0.2, -0.15) is 0 Å². The minimum atomic E-state index is -2.88. The minimum absolute atomic E-state index is 0.0969. The summed E-state index contributed by atoms with van der Waals surface area (Å²) in [4.78, 5) is 30.7. The number of carbonyl (C=O) groups excluding carboxylic acids is 2. The Kier molecular flexibility index (Phi) is 6.34. The normalized spacial score (nSPS) is 25.1. The standard InChI is InChI=1S/C22H30F2N4O2/c23-22(24)13-19(20(29)25-9-12-26-10-5-2-6-11-26)28(16-22)18-14-27(15-18)21(30)17-7-3-1-4-8-17/h1,3-4,7-8,18-19H,2,5-6,9-16H2,(H,25,29)/t19-/m0/s1. The third kappa shape index (κ3) is 4.81. The lowest BCUT2D eigenvalue weighted by Crippen LogP contribution is -2.63. The van der Waals surface area contributed by atoms with Crippen LogP contribution in [0.2, 0.25) is 0 Å². The molecule has 0 unspecified atom stereocenters. The Morgan fingerprint density at radius 2 is 1.77 bits per heavy atom. The molecule has 164 valence electrons. The van der Waals surface area contributed by atoms with E-state index in [0.29, 0.717) is 25.2 Å². The molecule has 3 saturated heterocycles. The highest BCUT2D eigenvalue weighted by atomic mass is 19.3. The molecule has 6 nitrogen and oxygen atoms in total. The highest BCUT2D eigenvalue weighted by molar-refractivity contribution is 5.94. The number of hydrogen-bond donors (Lipinski definition) is 1. The maximum absolute atomic E-state index is 14.1. The molecule has 0 radical (unpaired) electrons. The maximum atomic E-state index is 14.1. The average molecular weight is 421 g/mol. The van der Waals surface area contributed by atoms with Gasteiger partial charge in [0.05, 0.1) is 12.6 Å². The summed E-state index contributed by atoms with van der Waals surface area (Å²) < 4.78 is 28.3. The van der Waals surface area contributed by atoms with Crippen molar-refractivity contribution in [3.8, 4) is 0 Å². The summed E-state index contributed by atoms with van der Waals surface area (Å²) in [5.41, 5.74) is 0.592. The number of nitrogens with one attached hydrogen (secondary N) is 1. The molecular weight excluding hydrogens is 390 g/mol.